The molecule has 0 N–H and O–H groups in total. The highest BCUT2D eigenvalue weighted by Crippen LogP contribution is 3.02. The van der Waals surface area contributed by atoms with Gasteiger partial charge in [-0.3, -0.25) is 0 Å². The minimum Gasteiger partial charge on any atom is -0.384 e. The number of hydrogen-bond donors (Lipinski definition) is 4. The number of hydrogen-bond acceptors (Lipinski definition) is 8. The van der Waals surface area contributed by atoms with Crippen molar-refractivity contribution in [3.63, 3.8) is 0 Å². The molecule has 6 unspecified atom stereocenters. The van der Waals surface area contributed by atoms with Crippen molar-refractivity contribution in [1.82, 2.24) is 0 Å². The molecule has 0 aromatic heterocycles. The SMILES string of the molecule is COC[C@@]12[C@H]3[C@H]4C[C@H]([C@@H]5C(CS)C(CS)[C@H]45)[C@H]3[C@]1(COC)[C@H]1C3CC([C@H]12)[C@H]1[C@@H]3[C@]2(COC)[C@H]3[C@H]4C[C@H]([C@@H]5C(CS)C(CS)[C@H]45)[C@H]3[C@]12COC. The van der Waals surface area contributed by atoms with Gasteiger partial charge in [0, 0.05) is 50.1 Å². The topological polar surface area (TPSA) is 36.9 Å². The lowest BCUT2D eigenvalue weighted by molar-refractivity contribution is -0.480. The summed E-state index contributed by atoms with van der Waals surface area (Å²) in [5.74, 6) is 22.5. The highest BCUT2D eigenvalue weighted by atomic mass is 32.1. The lowest BCUT2D eigenvalue weighted by Crippen LogP contribution is -2.92. The highest BCUT2D eigenvalue weighted by Gasteiger charge is 3.00. The van der Waals surface area contributed by atoms with E-state index >= 15 is 0 Å². The van der Waals surface area contributed by atoms with Gasteiger partial charge in [-0.25, -0.2) is 0 Å². The molecule has 0 spiro atoms. The summed E-state index contributed by atoms with van der Waals surface area (Å²) in [4.78, 5) is 0. The monoisotopic (exact) mass is 744 g/mol. The number of methoxy groups -OCH3 is 4. The first-order chi connectivity index (χ1) is 24.0. The molecule has 0 radical (unpaired) electrons. The van der Waals surface area contributed by atoms with Gasteiger partial charge in [0.25, 0.3) is 0 Å². The fourth-order valence-corrected chi connectivity index (χ4v) is 24.6. The number of rotatable bonds is 12. The third-order valence-electron chi connectivity index (χ3n) is 21.7. The summed E-state index contributed by atoms with van der Waals surface area (Å²) in [5, 5.41) is 0. The van der Waals surface area contributed by atoms with E-state index in [4.69, 9.17) is 69.5 Å². The average molecular weight is 745 g/mol. The van der Waals surface area contributed by atoms with Crippen LogP contribution in [0.4, 0.5) is 0 Å². The predicted molar refractivity (Wildman–Crippen MR) is 203 cm³/mol. The van der Waals surface area contributed by atoms with Crippen LogP contribution in [0.5, 0.6) is 0 Å². The fraction of sp³-hybridized carbons (Fsp3) is 1.00. The van der Waals surface area contributed by atoms with Crippen LogP contribution >= 0.6 is 50.5 Å². The molecule has 12 saturated carbocycles. The van der Waals surface area contributed by atoms with E-state index in [0.29, 0.717) is 21.7 Å². The molecule has 0 saturated heterocycles. The van der Waals surface area contributed by atoms with Gasteiger partial charge in [0.2, 0.25) is 0 Å². The summed E-state index contributed by atoms with van der Waals surface area (Å²) in [7, 11) is 8.08. The molecule has 272 valence electrons. The molecule has 6 bridgehead atoms. The van der Waals surface area contributed by atoms with Gasteiger partial charge in [0.15, 0.2) is 0 Å². The number of thiol groups is 4. The maximum Gasteiger partial charge on any atom is 0.0530 e. The Bertz CT molecular complexity index is 1250. The molecule has 12 aliphatic carbocycles. The van der Waals surface area contributed by atoms with E-state index in [2.05, 4.69) is 0 Å². The third kappa shape index (κ3) is 2.77. The Balaban J connectivity index is 0.968. The molecular weight excluding hydrogens is 685 g/mol. The molecular formula is C41H60O4S4. The molecule has 12 aliphatic rings. The van der Waals surface area contributed by atoms with Crippen molar-refractivity contribution in [3.8, 4) is 0 Å². The molecule has 12 fully saturated rings. The van der Waals surface area contributed by atoms with E-state index in [1.807, 2.05) is 28.4 Å². The van der Waals surface area contributed by atoms with E-state index in [9.17, 15) is 0 Å². The zero-order valence-corrected chi connectivity index (χ0v) is 33.5. The number of ether oxygens (including phenoxy) is 4. The first-order valence-electron chi connectivity index (χ1n) is 20.4. The van der Waals surface area contributed by atoms with Crippen molar-refractivity contribution in [2.45, 2.75) is 19.3 Å². The van der Waals surface area contributed by atoms with Crippen molar-refractivity contribution in [2.24, 2.45) is 152 Å². The minimum absolute atomic E-state index is 0.302. The first kappa shape index (κ1) is 32.5. The van der Waals surface area contributed by atoms with Crippen LogP contribution in [-0.4, -0.2) is 77.9 Å². The molecule has 8 heteroatoms. The van der Waals surface area contributed by atoms with Crippen LogP contribution in [0.15, 0.2) is 0 Å². The molecule has 0 aromatic rings. The second kappa shape index (κ2) is 10.2. The third-order valence-corrected chi connectivity index (χ3v) is 23.4. The summed E-state index contributed by atoms with van der Waals surface area (Å²) in [5.41, 5.74) is 1.21. The summed E-state index contributed by atoms with van der Waals surface area (Å²) < 4.78 is 25.9. The van der Waals surface area contributed by atoms with Crippen LogP contribution in [-0.2, 0) is 18.9 Å². The van der Waals surface area contributed by atoms with Gasteiger partial charge in [-0.15, -0.1) is 0 Å². The summed E-state index contributed by atoms with van der Waals surface area (Å²) in [6.45, 7) is 3.82. The van der Waals surface area contributed by atoms with Gasteiger partial charge in [-0.1, -0.05) is 0 Å². The molecule has 0 heterocycles. The lowest BCUT2D eigenvalue weighted by Gasteiger charge is -2.92. The minimum atomic E-state index is 0.302. The van der Waals surface area contributed by atoms with Crippen LogP contribution in [0.1, 0.15) is 19.3 Å². The van der Waals surface area contributed by atoms with Gasteiger partial charge in [-0.2, -0.15) is 50.5 Å². The molecule has 12 rings (SSSR count). The average Bonchev–Trinajstić information content (AvgIpc) is 3.89. The van der Waals surface area contributed by atoms with Crippen molar-refractivity contribution in [1.29, 1.82) is 0 Å². The molecule has 49 heavy (non-hydrogen) atoms. The van der Waals surface area contributed by atoms with E-state index in [1.165, 1.54) is 19.3 Å². The van der Waals surface area contributed by atoms with Crippen molar-refractivity contribution in [3.05, 3.63) is 0 Å². The Morgan fingerprint density at radius 2 is 0.571 bits per heavy atom. The van der Waals surface area contributed by atoms with Crippen LogP contribution in [0, 0.1) is 152 Å². The molecule has 0 aromatic carbocycles. The van der Waals surface area contributed by atoms with Crippen LogP contribution in [0.3, 0.4) is 0 Å². The van der Waals surface area contributed by atoms with Crippen molar-refractivity contribution in [2.75, 3.05) is 77.9 Å². The van der Waals surface area contributed by atoms with Crippen molar-refractivity contribution >= 4 is 50.5 Å². The summed E-state index contributed by atoms with van der Waals surface area (Å²) in [6.07, 6.45) is 4.39. The summed E-state index contributed by atoms with van der Waals surface area (Å²) >= 11 is 19.8. The van der Waals surface area contributed by atoms with Gasteiger partial charge < -0.3 is 18.9 Å². The highest BCUT2D eigenvalue weighted by molar-refractivity contribution is 7.80. The van der Waals surface area contributed by atoms with Crippen molar-refractivity contribution < 1.29 is 18.9 Å². The molecule has 0 amide bonds. The van der Waals surface area contributed by atoms with Gasteiger partial charge >= 0.3 is 0 Å². The van der Waals surface area contributed by atoms with Crippen LogP contribution in [0.25, 0.3) is 0 Å². The summed E-state index contributed by atoms with van der Waals surface area (Å²) in [6, 6.07) is 0. The van der Waals surface area contributed by atoms with Gasteiger partial charge in [0.1, 0.15) is 0 Å². The first-order valence-corrected chi connectivity index (χ1v) is 22.9. The second-order valence-corrected chi connectivity index (χ2v) is 21.9. The quantitative estimate of drug-likeness (QED) is 0.144. The molecule has 0 aliphatic heterocycles. The normalized spacial score (nSPS) is 69.1. The fourth-order valence-electron chi connectivity index (χ4n) is 22.6. The van der Waals surface area contributed by atoms with Crippen LogP contribution < -0.4 is 0 Å². The Hall–Kier alpha value is 1.24. The van der Waals surface area contributed by atoms with E-state index in [-0.39, 0.29) is 0 Å². The Labute approximate surface area is 316 Å². The maximum absolute atomic E-state index is 6.47. The van der Waals surface area contributed by atoms with Gasteiger partial charge in [0.05, 0.1) is 26.4 Å². The van der Waals surface area contributed by atoms with E-state index in [0.717, 1.165) is 180 Å². The van der Waals surface area contributed by atoms with Crippen LogP contribution in [0.2, 0.25) is 0 Å². The maximum atomic E-state index is 6.47. The zero-order valence-electron chi connectivity index (χ0n) is 29.9. The Morgan fingerprint density at radius 3 is 0.776 bits per heavy atom. The lowest BCUT2D eigenvalue weighted by atomic mass is 9.12. The van der Waals surface area contributed by atoms with Gasteiger partial charge in [-0.05, 0) is 172 Å². The van der Waals surface area contributed by atoms with E-state index < -0.39 is 0 Å². The number of fused-ring (bicyclic) bond motifs is 34. The standard InChI is InChI=1S/C41H60O4S4/c1-42-12-38-30-16-5-17(27-23(9-47)22(8-46)26(16)27)31(30)39(38,13-43-2)35-21-7-20(34(35)38)36-37(21)41(15-45-4)33-19-6-18(32(33)40(36,41)14-44-3)28-24(10-48)25(11-49)29(19)28/h16-37,46-49H,5-15H2,1-4H3/t16-,17+,18+,19-,20?,21?,22?,23?,24?,25?,26-,27+,28+,29-,30-,31+,32+,33-,34+,35-,36-,37+,38-,39+,40+,41-. The Morgan fingerprint density at radius 1 is 0.367 bits per heavy atom. The largest absolute Gasteiger partial charge is 0.384 e. The predicted octanol–water partition coefficient (Wildman–Crippen LogP) is 6.13. The smallest absolute Gasteiger partial charge is 0.0530 e. The molecule has 4 nitrogen and oxygen atoms in total. The second-order valence-electron chi connectivity index (χ2n) is 20.5. The molecule has 26 atom stereocenters. The zero-order chi connectivity index (χ0) is 33.3. The Kier molecular flexibility index (Phi) is 6.73. The van der Waals surface area contributed by atoms with E-state index in [1.54, 1.807) is 0 Å².